The minimum Gasteiger partial charge on any atom is -0.396 e. The molecule has 0 radical (unpaired) electrons. The summed E-state index contributed by atoms with van der Waals surface area (Å²) in [5.41, 5.74) is 7.70. The van der Waals surface area contributed by atoms with Gasteiger partial charge in [-0.15, -0.1) is 0 Å². The van der Waals surface area contributed by atoms with E-state index in [0.717, 1.165) is 24.1 Å². The van der Waals surface area contributed by atoms with Crippen molar-refractivity contribution in [2.75, 3.05) is 11.9 Å². The van der Waals surface area contributed by atoms with Crippen molar-refractivity contribution in [2.45, 2.75) is 39.2 Å². The van der Waals surface area contributed by atoms with Crippen molar-refractivity contribution in [2.24, 2.45) is 11.7 Å². The molecule has 0 heterocycles. The number of amides is 1. The van der Waals surface area contributed by atoms with Crippen LogP contribution in [0, 0.1) is 5.92 Å². The summed E-state index contributed by atoms with van der Waals surface area (Å²) in [6.45, 7) is 4.27. The number of aliphatic hydroxyl groups is 1. The van der Waals surface area contributed by atoms with Crippen molar-refractivity contribution in [3.63, 3.8) is 0 Å². The fraction of sp³-hybridized carbons (Fsp3) is 0.533. The molecule has 1 aromatic carbocycles. The summed E-state index contributed by atoms with van der Waals surface area (Å²) >= 11 is 0. The van der Waals surface area contributed by atoms with Gasteiger partial charge in [0.25, 0.3) is 0 Å². The number of hydrogen-bond acceptors (Lipinski definition) is 3. The van der Waals surface area contributed by atoms with Crippen LogP contribution in [0.25, 0.3) is 0 Å². The van der Waals surface area contributed by atoms with Gasteiger partial charge in [0.2, 0.25) is 5.91 Å². The number of nitrogens with two attached hydrogens (primary N) is 1. The van der Waals surface area contributed by atoms with Crippen molar-refractivity contribution in [3.8, 4) is 0 Å². The van der Waals surface area contributed by atoms with Crippen LogP contribution in [0.3, 0.4) is 0 Å². The van der Waals surface area contributed by atoms with E-state index in [1.165, 1.54) is 0 Å². The largest absolute Gasteiger partial charge is 0.396 e. The number of hydrogen-bond donors (Lipinski definition) is 3. The topological polar surface area (TPSA) is 75.4 Å². The first kappa shape index (κ1) is 15.7. The Morgan fingerprint density at radius 3 is 2.79 bits per heavy atom. The van der Waals surface area contributed by atoms with Crippen molar-refractivity contribution in [1.29, 1.82) is 0 Å². The number of carbonyl (C=O) groups is 1. The number of anilines is 1. The highest BCUT2D eigenvalue weighted by atomic mass is 16.2. The first-order chi connectivity index (χ1) is 9.02. The Labute approximate surface area is 115 Å². The third-order valence-corrected chi connectivity index (χ3v) is 2.88. The lowest BCUT2D eigenvalue weighted by Gasteiger charge is -2.14. The van der Waals surface area contributed by atoms with Gasteiger partial charge in [0.15, 0.2) is 0 Å². The molecule has 0 spiro atoms. The first-order valence-electron chi connectivity index (χ1n) is 6.79. The van der Waals surface area contributed by atoms with E-state index in [2.05, 4.69) is 5.32 Å². The van der Waals surface area contributed by atoms with Crippen LogP contribution in [0.2, 0.25) is 0 Å². The van der Waals surface area contributed by atoms with E-state index in [0.29, 0.717) is 12.3 Å². The van der Waals surface area contributed by atoms with Crippen molar-refractivity contribution in [1.82, 2.24) is 0 Å². The summed E-state index contributed by atoms with van der Waals surface area (Å²) < 4.78 is 0. The average molecular weight is 264 g/mol. The minimum atomic E-state index is -0.471. The fourth-order valence-corrected chi connectivity index (χ4v) is 1.94. The van der Waals surface area contributed by atoms with Crippen LogP contribution in [-0.2, 0) is 11.2 Å². The smallest absolute Gasteiger partial charge is 0.241 e. The highest BCUT2D eigenvalue weighted by molar-refractivity contribution is 5.94. The molecule has 0 aliphatic rings. The van der Waals surface area contributed by atoms with E-state index >= 15 is 0 Å². The summed E-state index contributed by atoms with van der Waals surface area (Å²) in [5.74, 6) is 0.254. The Hall–Kier alpha value is -1.39. The Morgan fingerprint density at radius 2 is 2.16 bits per heavy atom. The number of aliphatic hydroxyl groups excluding tert-OH is 1. The predicted octanol–water partition coefficient (Wildman–Crippen LogP) is 1.92. The zero-order chi connectivity index (χ0) is 14.3. The molecule has 1 amide bonds. The third-order valence-electron chi connectivity index (χ3n) is 2.88. The van der Waals surface area contributed by atoms with Crippen LogP contribution >= 0.6 is 0 Å². The van der Waals surface area contributed by atoms with E-state index in [1.807, 2.05) is 38.1 Å². The molecule has 1 rings (SSSR count). The van der Waals surface area contributed by atoms with E-state index in [-0.39, 0.29) is 12.5 Å². The average Bonchev–Trinajstić information content (AvgIpc) is 2.36. The molecule has 4 heteroatoms. The summed E-state index contributed by atoms with van der Waals surface area (Å²) in [5, 5.41) is 11.7. The molecular weight excluding hydrogens is 240 g/mol. The van der Waals surface area contributed by atoms with E-state index in [4.69, 9.17) is 10.8 Å². The molecule has 0 aliphatic heterocycles. The molecule has 1 aromatic rings. The number of rotatable bonds is 7. The highest BCUT2D eigenvalue weighted by Gasteiger charge is 2.14. The molecule has 0 aliphatic carbocycles. The summed E-state index contributed by atoms with van der Waals surface area (Å²) in [6, 6.07) is 7.19. The van der Waals surface area contributed by atoms with Gasteiger partial charge in [-0.05, 0) is 42.9 Å². The maximum atomic E-state index is 11.9. The monoisotopic (exact) mass is 264 g/mol. The number of carbonyl (C=O) groups excluding carboxylic acids is 1. The molecular formula is C15H24N2O2. The van der Waals surface area contributed by atoms with Crippen LogP contribution in [0.5, 0.6) is 0 Å². The Morgan fingerprint density at radius 1 is 1.42 bits per heavy atom. The minimum absolute atomic E-state index is 0.145. The summed E-state index contributed by atoms with van der Waals surface area (Å²) in [6.07, 6.45) is 2.21. The first-order valence-corrected chi connectivity index (χ1v) is 6.79. The van der Waals surface area contributed by atoms with Gasteiger partial charge in [-0.3, -0.25) is 4.79 Å². The molecule has 4 N–H and O–H groups in total. The van der Waals surface area contributed by atoms with Gasteiger partial charge in [0.1, 0.15) is 0 Å². The van der Waals surface area contributed by atoms with Crippen LogP contribution in [0.4, 0.5) is 5.69 Å². The van der Waals surface area contributed by atoms with Gasteiger partial charge >= 0.3 is 0 Å². The van der Waals surface area contributed by atoms with Crippen molar-refractivity contribution < 1.29 is 9.90 Å². The lowest BCUT2D eigenvalue weighted by molar-refractivity contribution is -0.117. The molecule has 1 atom stereocenters. The van der Waals surface area contributed by atoms with Crippen molar-refractivity contribution in [3.05, 3.63) is 29.8 Å². The second-order valence-electron chi connectivity index (χ2n) is 5.25. The summed E-state index contributed by atoms with van der Waals surface area (Å²) in [7, 11) is 0. The molecule has 0 unspecified atom stereocenters. The van der Waals surface area contributed by atoms with Gasteiger partial charge in [-0.1, -0.05) is 26.0 Å². The van der Waals surface area contributed by atoms with E-state index < -0.39 is 6.04 Å². The predicted molar refractivity (Wildman–Crippen MR) is 77.9 cm³/mol. The number of nitrogens with one attached hydrogen (secondary N) is 1. The molecule has 106 valence electrons. The van der Waals surface area contributed by atoms with Crippen LogP contribution in [0.1, 0.15) is 32.3 Å². The van der Waals surface area contributed by atoms with Gasteiger partial charge in [-0.25, -0.2) is 0 Å². The molecule has 0 fully saturated rings. The maximum absolute atomic E-state index is 11.9. The SMILES string of the molecule is CC(C)C[C@H](N)C(=O)Nc1cccc(CCCO)c1. The molecule has 0 saturated carbocycles. The summed E-state index contributed by atoms with van der Waals surface area (Å²) in [4.78, 5) is 11.9. The molecule has 0 aromatic heterocycles. The quantitative estimate of drug-likeness (QED) is 0.704. The Kier molecular flexibility index (Phi) is 6.53. The third kappa shape index (κ3) is 5.85. The number of aryl methyl sites for hydroxylation is 1. The van der Waals surface area contributed by atoms with Gasteiger partial charge < -0.3 is 16.2 Å². The van der Waals surface area contributed by atoms with Gasteiger partial charge in [0, 0.05) is 12.3 Å². The maximum Gasteiger partial charge on any atom is 0.241 e. The van der Waals surface area contributed by atoms with Gasteiger partial charge in [0.05, 0.1) is 6.04 Å². The Balaban J connectivity index is 2.58. The lowest BCUT2D eigenvalue weighted by atomic mass is 10.0. The second-order valence-corrected chi connectivity index (χ2v) is 5.25. The molecule has 0 saturated heterocycles. The van der Waals surface area contributed by atoms with Crippen LogP contribution in [0.15, 0.2) is 24.3 Å². The van der Waals surface area contributed by atoms with E-state index in [9.17, 15) is 4.79 Å². The number of benzene rings is 1. The second kappa shape index (κ2) is 7.92. The molecule has 19 heavy (non-hydrogen) atoms. The van der Waals surface area contributed by atoms with Crippen molar-refractivity contribution >= 4 is 11.6 Å². The zero-order valence-corrected chi connectivity index (χ0v) is 11.7. The lowest BCUT2D eigenvalue weighted by Crippen LogP contribution is -2.36. The molecule has 0 bridgehead atoms. The Bertz CT molecular complexity index is 405. The normalized spacial score (nSPS) is 12.5. The van der Waals surface area contributed by atoms with Crippen LogP contribution in [-0.4, -0.2) is 23.7 Å². The van der Waals surface area contributed by atoms with Crippen LogP contribution < -0.4 is 11.1 Å². The standard InChI is InChI=1S/C15H24N2O2/c1-11(2)9-14(16)15(19)17-13-7-3-5-12(10-13)6-4-8-18/h3,5,7,10-11,14,18H,4,6,8-9,16H2,1-2H3,(H,17,19)/t14-/m0/s1. The van der Waals surface area contributed by atoms with Gasteiger partial charge in [-0.2, -0.15) is 0 Å². The van der Waals surface area contributed by atoms with E-state index in [1.54, 1.807) is 0 Å². The molecule has 4 nitrogen and oxygen atoms in total. The highest BCUT2D eigenvalue weighted by Crippen LogP contribution is 2.13. The fourth-order valence-electron chi connectivity index (χ4n) is 1.94. The zero-order valence-electron chi connectivity index (χ0n) is 11.7.